The lowest BCUT2D eigenvalue weighted by Gasteiger charge is -2.58. The number of anilines is 2. The summed E-state index contributed by atoms with van der Waals surface area (Å²) < 4.78 is 9.76. The normalized spacial score (nSPS) is 24.2. The molecule has 0 spiro atoms. The van der Waals surface area contributed by atoms with Crippen LogP contribution in [0.25, 0.3) is 21.3 Å². The predicted molar refractivity (Wildman–Crippen MR) is 222 cm³/mol. The number of pyridine rings is 1. The number of aromatic carboxylic acids is 1. The largest absolute Gasteiger partial charge is 0.476 e. The third-order valence-corrected chi connectivity index (χ3v) is 13.3. The third-order valence-electron chi connectivity index (χ3n) is 12.3. The number of para-hydroxylation sites is 1. The van der Waals surface area contributed by atoms with E-state index in [1.807, 2.05) is 71.1 Å². The molecule has 57 heavy (non-hydrogen) atoms. The maximum absolute atomic E-state index is 13.6. The molecule has 2 bridgehead atoms. The molecule has 3 aliphatic rings. The van der Waals surface area contributed by atoms with Crippen LogP contribution in [0.3, 0.4) is 0 Å². The van der Waals surface area contributed by atoms with Crippen LogP contribution >= 0.6 is 11.3 Å². The zero-order valence-corrected chi connectivity index (χ0v) is 34.2. The summed E-state index contributed by atoms with van der Waals surface area (Å²) >= 11 is 1.44. The highest BCUT2D eigenvalue weighted by molar-refractivity contribution is 7.22. The first-order valence-electron chi connectivity index (χ1n) is 19.8. The Bertz CT molecular complexity index is 2320. The SMILES string of the molecule is Cc1c(-c2ccc(N3CCc4cccc(C(=O)Nc5nc6ccccc6s5)c4C3)nc2C(=O)O)cnn1CC1(C)CC2(C)CC(C)CC(OCCN(C)C=O)(C2)C1. The molecule has 3 aromatic heterocycles. The summed E-state index contributed by atoms with van der Waals surface area (Å²) in [6.07, 6.45) is 8.38. The molecule has 12 nitrogen and oxygen atoms in total. The monoisotopic (exact) mass is 789 g/mol. The van der Waals surface area contributed by atoms with Crippen molar-refractivity contribution in [2.24, 2.45) is 16.7 Å². The Kier molecular flexibility index (Phi) is 10.2. The average Bonchev–Trinajstić information content (AvgIpc) is 3.74. The Balaban J connectivity index is 1.02. The van der Waals surface area contributed by atoms with Gasteiger partial charge in [0.15, 0.2) is 10.8 Å². The number of nitrogens with one attached hydrogen (secondary N) is 1. The van der Waals surface area contributed by atoms with Gasteiger partial charge in [-0.2, -0.15) is 5.10 Å². The van der Waals surface area contributed by atoms with Gasteiger partial charge in [-0.25, -0.2) is 14.8 Å². The number of benzene rings is 2. The van der Waals surface area contributed by atoms with Gasteiger partial charge in [0.25, 0.3) is 5.91 Å². The van der Waals surface area contributed by atoms with Gasteiger partial charge >= 0.3 is 5.97 Å². The third kappa shape index (κ3) is 7.79. The standard InChI is InChI=1S/C44H51N7O5S/c1-28-19-42(3)23-43(4,25-44(20-28,24-42)56-18-17-49(5)27-52)26-51-29(2)33(21-45-51)31-13-14-37(47-38(31)40(54)55)50-16-15-30-9-8-10-32(34(30)22-50)39(53)48-41-46-35-11-6-7-12-36(35)57-41/h6-14,21,27-28H,15-20,22-26H2,1-5H3,(H,54,55)(H,46,48,53). The van der Waals surface area contributed by atoms with Gasteiger partial charge in [0.2, 0.25) is 6.41 Å². The van der Waals surface area contributed by atoms with Crippen LogP contribution in [0, 0.1) is 23.7 Å². The van der Waals surface area contributed by atoms with Gasteiger partial charge < -0.3 is 19.6 Å². The first-order chi connectivity index (χ1) is 27.2. The molecule has 0 saturated heterocycles. The number of hydrogen-bond donors (Lipinski definition) is 2. The van der Waals surface area contributed by atoms with Gasteiger partial charge in [-0.3, -0.25) is 19.6 Å². The Hall–Kier alpha value is -5.14. The number of thiazole rings is 1. The summed E-state index contributed by atoms with van der Waals surface area (Å²) in [5.41, 5.74) is 5.26. The summed E-state index contributed by atoms with van der Waals surface area (Å²) in [6.45, 7) is 11.8. The molecule has 2 aromatic carbocycles. The van der Waals surface area contributed by atoms with Crippen LogP contribution in [0.15, 0.2) is 60.8 Å². The molecule has 4 heterocycles. The minimum Gasteiger partial charge on any atom is -0.476 e. The highest BCUT2D eigenvalue weighted by Gasteiger charge is 2.55. The van der Waals surface area contributed by atoms with Gasteiger partial charge in [-0.1, -0.05) is 56.4 Å². The van der Waals surface area contributed by atoms with Crippen molar-refractivity contribution in [3.05, 3.63) is 88.9 Å². The zero-order chi connectivity index (χ0) is 40.1. The van der Waals surface area contributed by atoms with Crippen LogP contribution in [0.5, 0.6) is 0 Å². The molecule has 2 saturated carbocycles. The molecule has 2 aliphatic carbocycles. The molecule has 5 aromatic rings. The lowest BCUT2D eigenvalue weighted by molar-refractivity contribution is -0.179. The fourth-order valence-electron chi connectivity index (χ4n) is 10.7. The minimum atomic E-state index is -1.11. The number of likely N-dealkylation sites (N-methyl/N-ethyl adjacent to an activating group) is 1. The van der Waals surface area contributed by atoms with E-state index in [0.29, 0.717) is 67.2 Å². The molecule has 4 unspecified atom stereocenters. The van der Waals surface area contributed by atoms with Gasteiger partial charge in [0, 0.05) is 55.6 Å². The van der Waals surface area contributed by atoms with Gasteiger partial charge in [0.05, 0.1) is 28.6 Å². The van der Waals surface area contributed by atoms with Crippen molar-refractivity contribution in [1.29, 1.82) is 0 Å². The zero-order valence-electron chi connectivity index (χ0n) is 33.4. The van der Waals surface area contributed by atoms with Crippen molar-refractivity contribution in [3.63, 3.8) is 0 Å². The molecule has 0 radical (unpaired) electrons. The number of fused-ring (bicyclic) bond motifs is 4. The highest BCUT2D eigenvalue weighted by atomic mass is 32.1. The molecule has 2 N–H and O–H groups in total. The van der Waals surface area contributed by atoms with Crippen molar-refractivity contribution in [1.82, 2.24) is 24.6 Å². The number of aromatic nitrogens is 4. The van der Waals surface area contributed by atoms with E-state index >= 15 is 0 Å². The van der Waals surface area contributed by atoms with Gasteiger partial charge in [-0.15, -0.1) is 0 Å². The molecule has 8 rings (SSSR count). The van der Waals surface area contributed by atoms with Crippen LogP contribution < -0.4 is 10.2 Å². The number of carboxylic acids is 1. The second-order valence-corrected chi connectivity index (χ2v) is 18.5. The van der Waals surface area contributed by atoms with Crippen molar-refractivity contribution >= 4 is 50.8 Å². The van der Waals surface area contributed by atoms with Gasteiger partial charge in [0.1, 0.15) is 5.82 Å². The fraction of sp³-hybridized carbons (Fsp3) is 0.455. The Morgan fingerprint density at radius 1 is 1.05 bits per heavy atom. The molecule has 13 heteroatoms. The molecule has 298 valence electrons. The summed E-state index contributed by atoms with van der Waals surface area (Å²) in [5.74, 6) is -0.243. The van der Waals surface area contributed by atoms with E-state index < -0.39 is 5.97 Å². The lowest BCUT2D eigenvalue weighted by atomic mass is 9.51. The van der Waals surface area contributed by atoms with E-state index in [-0.39, 0.29) is 28.0 Å². The number of amides is 2. The molecule has 2 amide bonds. The van der Waals surface area contributed by atoms with E-state index in [9.17, 15) is 19.5 Å². The topological polar surface area (TPSA) is 143 Å². The van der Waals surface area contributed by atoms with Crippen molar-refractivity contribution in [2.45, 2.75) is 84.9 Å². The van der Waals surface area contributed by atoms with Crippen LogP contribution in [-0.4, -0.2) is 80.4 Å². The quantitative estimate of drug-likeness (QED) is 0.121. The van der Waals surface area contributed by atoms with E-state index in [4.69, 9.17) is 14.8 Å². The molecular weight excluding hydrogens is 739 g/mol. The maximum Gasteiger partial charge on any atom is 0.355 e. The summed E-state index contributed by atoms with van der Waals surface area (Å²) in [4.78, 5) is 50.7. The van der Waals surface area contributed by atoms with E-state index in [2.05, 4.69) is 31.1 Å². The van der Waals surface area contributed by atoms with E-state index in [0.717, 1.165) is 71.1 Å². The van der Waals surface area contributed by atoms with Crippen molar-refractivity contribution in [3.8, 4) is 11.1 Å². The number of ether oxygens (including phenoxy) is 1. The highest BCUT2D eigenvalue weighted by Crippen LogP contribution is 2.60. The minimum absolute atomic E-state index is 0.0321. The summed E-state index contributed by atoms with van der Waals surface area (Å²) in [7, 11) is 1.78. The van der Waals surface area contributed by atoms with E-state index in [1.165, 1.54) is 11.3 Å². The second-order valence-electron chi connectivity index (χ2n) is 17.5. The summed E-state index contributed by atoms with van der Waals surface area (Å²) in [6, 6.07) is 17.3. The van der Waals surface area contributed by atoms with Crippen LogP contribution in [0.4, 0.5) is 10.9 Å². The first-order valence-corrected chi connectivity index (χ1v) is 20.7. The Morgan fingerprint density at radius 3 is 2.67 bits per heavy atom. The lowest BCUT2D eigenvalue weighted by Crippen LogP contribution is -2.55. The maximum atomic E-state index is 13.6. The number of hydrogen-bond acceptors (Lipinski definition) is 9. The number of nitrogens with zero attached hydrogens (tertiary/aromatic N) is 6. The molecule has 1 aliphatic heterocycles. The number of carbonyl (C=O) groups excluding carboxylic acids is 2. The second kappa shape index (κ2) is 15.0. The van der Waals surface area contributed by atoms with E-state index in [1.54, 1.807) is 18.1 Å². The number of carboxylic acid groups (broad SMARTS) is 1. The van der Waals surface area contributed by atoms with Crippen LogP contribution in [0.2, 0.25) is 0 Å². The Morgan fingerprint density at radius 2 is 1.88 bits per heavy atom. The van der Waals surface area contributed by atoms with Gasteiger partial charge in [-0.05, 0) is 104 Å². The fourth-order valence-corrected chi connectivity index (χ4v) is 11.5. The van der Waals surface area contributed by atoms with Crippen molar-refractivity contribution < 1.29 is 24.2 Å². The van der Waals surface area contributed by atoms with Crippen LogP contribution in [0.1, 0.15) is 90.5 Å². The smallest absolute Gasteiger partial charge is 0.355 e. The predicted octanol–water partition coefficient (Wildman–Crippen LogP) is 7.85. The average molecular weight is 790 g/mol. The number of carbonyl (C=O) groups is 3. The molecular formula is C44H51N7O5S. The number of rotatable bonds is 12. The summed E-state index contributed by atoms with van der Waals surface area (Å²) in [5, 5.41) is 18.9. The first kappa shape index (κ1) is 38.7. The molecule has 4 atom stereocenters. The Labute approximate surface area is 337 Å². The van der Waals surface area contributed by atoms with Crippen molar-refractivity contribution in [2.75, 3.05) is 37.0 Å². The molecule has 2 fully saturated rings. The van der Waals surface area contributed by atoms with Crippen LogP contribution in [-0.2, 0) is 29.0 Å².